The van der Waals surface area contributed by atoms with Crippen LogP contribution < -0.4 is 0 Å². The van der Waals surface area contributed by atoms with E-state index < -0.39 is 0 Å². The monoisotopic (exact) mass is 225 g/mol. The first-order valence-corrected chi connectivity index (χ1v) is 3.77. The van der Waals surface area contributed by atoms with E-state index in [-0.39, 0.29) is 44.6 Å². The van der Waals surface area contributed by atoms with Crippen LogP contribution in [0.15, 0.2) is 0 Å². The van der Waals surface area contributed by atoms with Crippen LogP contribution in [0.2, 0.25) is 0 Å². The third-order valence-electron chi connectivity index (χ3n) is 2.21. The smallest absolute Gasteiger partial charge is 0.101 e. The van der Waals surface area contributed by atoms with Crippen molar-refractivity contribution in [2.75, 3.05) is 0 Å². The minimum Gasteiger partial charge on any atom is -0.555 e. The molecule has 0 aromatic heterocycles. The van der Waals surface area contributed by atoms with Crippen LogP contribution in [0.25, 0.3) is 0 Å². The van der Waals surface area contributed by atoms with E-state index in [9.17, 15) is 0 Å². The fourth-order valence-electron chi connectivity index (χ4n) is 1.30. The third-order valence-corrected chi connectivity index (χ3v) is 2.21. The summed E-state index contributed by atoms with van der Waals surface area (Å²) in [5.74, 6) is 0.662. The maximum atomic E-state index is 5.63. The molecule has 1 nitrogen and oxygen atoms in total. The van der Waals surface area contributed by atoms with E-state index in [1.807, 2.05) is 0 Å². The predicted molar refractivity (Wildman–Crippen MR) is 42.2 cm³/mol. The Hall–Kier alpha value is 1.13. The average Bonchev–Trinajstić information content (AvgIpc) is 2.17. The molecule has 11 heavy (non-hydrogen) atoms. The molecule has 1 saturated heterocycles. The number of rotatable bonds is 1. The van der Waals surface area contributed by atoms with E-state index in [2.05, 4.69) is 20.8 Å². The van der Waals surface area contributed by atoms with Gasteiger partial charge in [-0.1, -0.05) is 13.8 Å². The van der Waals surface area contributed by atoms with Crippen LogP contribution in [0, 0.1) is 24.9 Å². The van der Waals surface area contributed by atoms with Crippen molar-refractivity contribution in [2.45, 2.75) is 26.3 Å². The molecule has 1 fully saturated rings. The van der Waals surface area contributed by atoms with E-state index in [4.69, 9.17) is 12.6 Å². The van der Waals surface area contributed by atoms with Gasteiger partial charge in [0.1, 0.15) is 7.85 Å². The first-order valence-electron chi connectivity index (χ1n) is 3.77. The zero-order chi connectivity index (χ0) is 7.72. The maximum Gasteiger partial charge on any atom is 0.101 e. The van der Waals surface area contributed by atoms with Crippen LogP contribution >= 0.6 is 0 Å². The minimum atomic E-state index is -0.176. The van der Waals surface area contributed by atoms with Gasteiger partial charge in [-0.25, -0.2) is 0 Å². The summed E-state index contributed by atoms with van der Waals surface area (Å²) in [6.45, 7) is 8.12. The summed E-state index contributed by atoms with van der Waals surface area (Å²) in [5.41, 5.74) is 0. The second kappa shape index (κ2) is 4.99. The second-order valence-electron chi connectivity index (χ2n) is 2.85. The summed E-state index contributed by atoms with van der Waals surface area (Å²) in [6.07, 6.45) is 2.06. The zero-order valence-electron chi connectivity index (χ0n) is 7.21. The van der Waals surface area contributed by atoms with Gasteiger partial charge in [-0.05, 0) is 6.00 Å². The number of ether oxygens (including phenoxy) is 1. The topological polar surface area (TPSA) is 9.23 Å². The maximum absolute atomic E-state index is 5.63. The molecule has 3 heteroatoms. The first kappa shape index (κ1) is 12.1. The van der Waals surface area contributed by atoms with Crippen LogP contribution in [0.3, 0.4) is 0 Å². The van der Waals surface area contributed by atoms with Crippen molar-refractivity contribution < 1.29 is 37.4 Å². The molecule has 0 aromatic rings. The van der Waals surface area contributed by atoms with Gasteiger partial charge in [0.15, 0.2) is 0 Å². The van der Waals surface area contributed by atoms with Gasteiger partial charge in [0, 0.05) is 32.7 Å². The molecular formula is C8H13BOY-2. The summed E-state index contributed by atoms with van der Waals surface area (Å²) in [4.78, 5) is 0. The summed E-state index contributed by atoms with van der Waals surface area (Å²) < 4.78 is 5.37. The fraction of sp³-hybridized carbons (Fsp3) is 0.750. The van der Waals surface area contributed by atoms with E-state index in [1.54, 1.807) is 0 Å². The van der Waals surface area contributed by atoms with Crippen LogP contribution in [-0.4, -0.2) is 13.8 Å². The van der Waals surface area contributed by atoms with Gasteiger partial charge in [-0.15, -0.1) is 0 Å². The second-order valence-corrected chi connectivity index (χ2v) is 2.85. The van der Waals surface area contributed by atoms with Gasteiger partial charge in [0.05, 0.1) is 0 Å². The molecule has 59 valence electrons. The van der Waals surface area contributed by atoms with Gasteiger partial charge in [-0.3, -0.25) is 0 Å². The number of hydrogen-bond acceptors (Lipinski definition) is 1. The van der Waals surface area contributed by atoms with Gasteiger partial charge in [-0.2, -0.15) is 24.4 Å². The summed E-state index contributed by atoms with van der Waals surface area (Å²) in [5, 5.41) is 0. The zero-order valence-corrected chi connectivity index (χ0v) is 10.0. The van der Waals surface area contributed by atoms with Crippen LogP contribution in [0.1, 0.15) is 20.3 Å². The molecule has 0 saturated carbocycles. The van der Waals surface area contributed by atoms with Crippen molar-refractivity contribution in [3.8, 4) is 0 Å². The molecule has 3 unspecified atom stereocenters. The first-order chi connectivity index (χ1) is 4.66. The standard InChI is InChI=1S/C8H13BO.Y/c1-4-7-5(2)6(3)8(9)10-7;/h5-6,8H,3-4H2,1-2H3;/q-2;. The number of hydrogen-bond donors (Lipinski definition) is 0. The van der Waals surface area contributed by atoms with E-state index in [1.165, 1.54) is 0 Å². The van der Waals surface area contributed by atoms with Crippen LogP contribution in [0.4, 0.5) is 0 Å². The molecule has 1 aliphatic rings. The van der Waals surface area contributed by atoms with E-state index in [0.717, 1.165) is 12.5 Å². The normalized spacial score (nSPS) is 38.6. The molecule has 1 aliphatic heterocycles. The third kappa shape index (κ3) is 2.53. The average molecular weight is 225 g/mol. The van der Waals surface area contributed by atoms with Crippen molar-refractivity contribution in [1.29, 1.82) is 0 Å². The van der Waals surface area contributed by atoms with Crippen molar-refractivity contribution >= 4 is 7.85 Å². The Kier molecular flexibility index (Phi) is 5.50. The van der Waals surface area contributed by atoms with Crippen molar-refractivity contribution in [3.05, 3.63) is 13.0 Å². The molecule has 0 amide bonds. The fourth-order valence-corrected chi connectivity index (χ4v) is 1.30. The molecule has 0 aromatic carbocycles. The summed E-state index contributed by atoms with van der Waals surface area (Å²) in [6, 6.07) is -0.176. The van der Waals surface area contributed by atoms with Gasteiger partial charge in [0.2, 0.25) is 0 Å². The summed E-state index contributed by atoms with van der Waals surface area (Å²) in [7, 11) is 5.63. The van der Waals surface area contributed by atoms with Crippen molar-refractivity contribution in [2.24, 2.45) is 11.8 Å². The van der Waals surface area contributed by atoms with Gasteiger partial charge >= 0.3 is 0 Å². The Morgan fingerprint density at radius 3 is 2.36 bits per heavy atom. The Balaban J connectivity index is 0.000001000. The summed E-state index contributed by atoms with van der Waals surface area (Å²) >= 11 is 0. The minimum absolute atomic E-state index is 0. The predicted octanol–water partition coefficient (Wildman–Crippen LogP) is 1.54. The Labute approximate surface area is 95.9 Å². The van der Waals surface area contributed by atoms with Gasteiger partial charge < -0.3 is 11.7 Å². The van der Waals surface area contributed by atoms with Crippen molar-refractivity contribution in [1.82, 2.24) is 0 Å². The molecule has 3 radical (unpaired) electrons. The van der Waals surface area contributed by atoms with Gasteiger partial charge in [0.25, 0.3) is 0 Å². The molecular weight excluding hydrogens is 212 g/mol. The molecule has 3 atom stereocenters. The molecule has 1 heterocycles. The van der Waals surface area contributed by atoms with E-state index in [0.29, 0.717) is 5.92 Å². The largest absolute Gasteiger partial charge is 0.555 e. The van der Waals surface area contributed by atoms with Crippen molar-refractivity contribution in [3.63, 3.8) is 0 Å². The Morgan fingerprint density at radius 1 is 1.64 bits per heavy atom. The Bertz CT molecular complexity index is 121. The molecule has 0 aliphatic carbocycles. The van der Waals surface area contributed by atoms with Crippen LogP contribution in [0.5, 0.6) is 0 Å². The molecule has 0 spiro atoms. The molecule has 1 rings (SSSR count). The Morgan fingerprint density at radius 2 is 2.18 bits per heavy atom. The molecule has 0 bridgehead atoms. The van der Waals surface area contributed by atoms with E-state index >= 15 is 0 Å². The molecule has 0 N–H and O–H groups in total. The SMILES string of the molecule is [B]C1O[C-](CC)C(C)C1[CH2-].[Y]. The quantitative estimate of drug-likeness (QED) is 0.485. The van der Waals surface area contributed by atoms with Crippen LogP contribution in [-0.2, 0) is 37.4 Å².